The van der Waals surface area contributed by atoms with Gasteiger partial charge in [0.05, 0.1) is 11.9 Å². The van der Waals surface area contributed by atoms with Crippen LogP contribution in [0.2, 0.25) is 5.02 Å². The number of amides is 1. The quantitative estimate of drug-likeness (QED) is 0.379. The Balaban J connectivity index is 1.53. The number of H-pyrrole nitrogens is 1. The van der Waals surface area contributed by atoms with Crippen LogP contribution in [-0.4, -0.2) is 27.1 Å². The van der Waals surface area contributed by atoms with Crippen molar-refractivity contribution in [2.24, 2.45) is 0 Å². The lowest BCUT2D eigenvalue weighted by molar-refractivity contribution is -0.137. The fourth-order valence-corrected chi connectivity index (χ4v) is 3.65. The number of nitrogens with zero attached hydrogens (tertiary/aromatic N) is 2. The van der Waals surface area contributed by atoms with Gasteiger partial charge in [-0.2, -0.15) is 13.2 Å². The maximum absolute atomic E-state index is 13.1. The Bertz CT molecular complexity index is 1220. The van der Waals surface area contributed by atoms with Crippen LogP contribution in [0.15, 0.2) is 71.6 Å². The number of imidazole rings is 1. The highest BCUT2D eigenvalue weighted by Crippen LogP contribution is 2.34. The van der Waals surface area contributed by atoms with Gasteiger partial charge in [-0.1, -0.05) is 47.1 Å². The summed E-state index contributed by atoms with van der Waals surface area (Å²) in [6.07, 6.45) is -0.296. The average Bonchev–Trinajstić information content (AvgIpc) is 3.46. The normalized spacial score (nSPS) is 12.5. The molecule has 0 saturated carbocycles. The second-order valence-electron chi connectivity index (χ2n) is 7.44. The third-order valence-corrected chi connectivity index (χ3v) is 5.15. The van der Waals surface area contributed by atoms with E-state index >= 15 is 0 Å². The van der Waals surface area contributed by atoms with Crippen molar-refractivity contribution in [1.82, 2.24) is 20.4 Å². The lowest BCUT2D eigenvalue weighted by Crippen LogP contribution is -2.38. The van der Waals surface area contributed by atoms with E-state index in [0.29, 0.717) is 12.8 Å². The van der Waals surface area contributed by atoms with Crippen molar-refractivity contribution in [3.05, 3.63) is 94.7 Å². The minimum absolute atomic E-state index is 0.0707. The van der Waals surface area contributed by atoms with Gasteiger partial charge in [0.15, 0.2) is 0 Å². The van der Waals surface area contributed by atoms with E-state index in [-0.39, 0.29) is 28.1 Å². The van der Waals surface area contributed by atoms with Crippen molar-refractivity contribution in [1.29, 1.82) is 0 Å². The van der Waals surface area contributed by atoms with Crippen LogP contribution < -0.4 is 5.32 Å². The molecule has 1 unspecified atom stereocenters. The van der Waals surface area contributed by atoms with Gasteiger partial charge < -0.3 is 14.8 Å². The molecule has 0 radical (unpaired) electrons. The lowest BCUT2D eigenvalue weighted by atomic mass is 10.0. The number of carbonyl (C=O) groups is 1. The van der Waals surface area contributed by atoms with E-state index in [1.165, 1.54) is 12.1 Å². The van der Waals surface area contributed by atoms with E-state index in [0.717, 1.165) is 23.4 Å². The molecule has 2 N–H and O–H groups in total. The molecule has 1 atom stereocenters. The molecule has 0 aliphatic carbocycles. The highest BCUT2D eigenvalue weighted by molar-refractivity contribution is 6.31. The first-order chi connectivity index (χ1) is 15.8. The topological polar surface area (TPSA) is 83.8 Å². The predicted molar refractivity (Wildman–Crippen MR) is 116 cm³/mol. The van der Waals surface area contributed by atoms with Gasteiger partial charge in [0.1, 0.15) is 5.69 Å². The number of carbonyl (C=O) groups excluding carboxylic acids is 1. The Hall–Kier alpha value is -3.59. The van der Waals surface area contributed by atoms with E-state index in [2.05, 4.69) is 20.4 Å². The largest absolute Gasteiger partial charge is 0.416 e. The number of aromatic amines is 1. The first-order valence-corrected chi connectivity index (χ1v) is 10.3. The van der Waals surface area contributed by atoms with Crippen LogP contribution in [0.3, 0.4) is 0 Å². The number of rotatable bonds is 7. The number of halogens is 4. The van der Waals surface area contributed by atoms with Gasteiger partial charge in [-0.25, -0.2) is 4.98 Å². The van der Waals surface area contributed by atoms with E-state index in [1.54, 1.807) is 12.5 Å². The van der Waals surface area contributed by atoms with Crippen LogP contribution in [-0.2, 0) is 19.0 Å². The lowest BCUT2D eigenvalue weighted by Gasteiger charge is -2.17. The van der Waals surface area contributed by atoms with Crippen molar-refractivity contribution in [3.63, 3.8) is 0 Å². The second-order valence-corrected chi connectivity index (χ2v) is 7.88. The number of hydrogen-bond donors (Lipinski definition) is 2. The molecular formula is C23H18ClF3N4O2. The first kappa shape index (κ1) is 22.6. The van der Waals surface area contributed by atoms with Gasteiger partial charge in [-0.3, -0.25) is 4.79 Å². The molecule has 170 valence electrons. The molecule has 10 heteroatoms. The van der Waals surface area contributed by atoms with E-state index in [1.807, 2.05) is 30.3 Å². The van der Waals surface area contributed by atoms with Crippen molar-refractivity contribution in [3.8, 4) is 11.3 Å². The Morgan fingerprint density at radius 2 is 1.91 bits per heavy atom. The summed E-state index contributed by atoms with van der Waals surface area (Å²) < 4.78 is 44.4. The molecule has 4 aromatic rings. The van der Waals surface area contributed by atoms with E-state index < -0.39 is 17.6 Å². The third kappa shape index (κ3) is 5.81. The number of benzene rings is 2. The summed E-state index contributed by atoms with van der Waals surface area (Å²) in [6.45, 7) is 0. The Kier molecular flexibility index (Phi) is 6.50. The summed E-state index contributed by atoms with van der Waals surface area (Å²) in [5.41, 5.74) is 1.12. The molecule has 0 aliphatic heterocycles. The third-order valence-electron chi connectivity index (χ3n) is 4.94. The fraction of sp³-hybridized carbons (Fsp3) is 0.174. The number of alkyl halides is 3. The van der Waals surface area contributed by atoms with Gasteiger partial charge in [0, 0.05) is 41.0 Å². The fourth-order valence-electron chi connectivity index (χ4n) is 3.41. The Labute approximate surface area is 191 Å². The van der Waals surface area contributed by atoms with Crippen molar-refractivity contribution >= 4 is 17.5 Å². The molecule has 0 fully saturated rings. The summed E-state index contributed by atoms with van der Waals surface area (Å²) >= 11 is 5.84. The van der Waals surface area contributed by atoms with Crippen LogP contribution in [0.4, 0.5) is 13.2 Å². The highest BCUT2D eigenvalue weighted by Gasteiger charge is 2.31. The SMILES string of the molecule is O=C(NC(Cc1ccccc1)Cc1cnc[nH]1)c1cc(-c2cc(Cl)cc(C(F)(F)F)c2)no1. The summed E-state index contributed by atoms with van der Waals surface area (Å²) in [5, 5.41) is 6.57. The molecule has 0 aliphatic rings. The summed E-state index contributed by atoms with van der Waals surface area (Å²) in [5.74, 6) is -0.659. The first-order valence-electron chi connectivity index (χ1n) is 9.95. The summed E-state index contributed by atoms with van der Waals surface area (Å²) in [4.78, 5) is 19.8. The summed E-state index contributed by atoms with van der Waals surface area (Å²) in [7, 11) is 0. The van der Waals surface area contributed by atoms with Crippen LogP contribution in [0.1, 0.15) is 27.4 Å². The molecule has 2 heterocycles. The molecule has 0 saturated heterocycles. The molecule has 0 bridgehead atoms. The van der Waals surface area contributed by atoms with Crippen LogP contribution in [0.25, 0.3) is 11.3 Å². The zero-order chi connectivity index (χ0) is 23.4. The molecular weight excluding hydrogens is 457 g/mol. The van der Waals surface area contributed by atoms with Crippen molar-refractivity contribution < 1.29 is 22.5 Å². The van der Waals surface area contributed by atoms with Crippen LogP contribution in [0, 0.1) is 0 Å². The van der Waals surface area contributed by atoms with Crippen molar-refractivity contribution in [2.45, 2.75) is 25.1 Å². The maximum Gasteiger partial charge on any atom is 0.416 e. The number of aromatic nitrogens is 3. The Morgan fingerprint density at radius 1 is 1.12 bits per heavy atom. The van der Waals surface area contributed by atoms with Gasteiger partial charge in [-0.05, 0) is 30.2 Å². The van der Waals surface area contributed by atoms with Gasteiger partial charge in [0.2, 0.25) is 5.76 Å². The highest BCUT2D eigenvalue weighted by atomic mass is 35.5. The standard InChI is InChI=1S/C23H18ClF3N4O2/c24-17-8-15(7-16(9-17)23(25,26)27)20-11-21(33-31-20)22(32)30-18(10-19-12-28-13-29-19)6-14-4-2-1-3-5-14/h1-5,7-9,11-13,18H,6,10H2,(H,28,29)(H,30,32). The van der Waals surface area contributed by atoms with Gasteiger partial charge in [-0.15, -0.1) is 0 Å². The monoisotopic (exact) mass is 474 g/mol. The second kappa shape index (κ2) is 9.50. The zero-order valence-corrected chi connectivity index (χ0v) is 17.8. The minimum Gasteiger partial charge on any atom is -0.350 e. The molecule has 0 spiro atoms. The van der Waals surface area contributed by atoms with E-state index in [4.69, 9.17) is 16.1 Å². The molecule has 2 aromatic carbocycles. The summed E-state index contributed by atoms with van der Waals surface area (Å²) in [6, 6.07) is 13.7. The maximum atomic E-state index is 13.1. The van der Waals surface area contributed by atoms with E-state index in [9.17, 15) is 18.0 Å². The smallest absolute Gasteiger partial charge is 0.350 e. The predicted octanol–water partition coefficient (Wildman–Crippen LogP) is 5.32. The molecule has 1 amide bonds. The molecule has 33 heavy (non-hydrogen) atoms. The van der Waals surface area contributed by atoms with Crippen molar-refractivity contribution in [2.75, 3.05) is 0 Å². The average molecular weight is 475 g/mol. The number of nitrogens with one attached hydrogen (secondary N) is 2. The minimum atomic E-state index is -4.57. The van der Waals surface area contributed by atoms with Gasteiger partial charge in [0.25, 0.3) is 5.91 Å². The van der Waals surface area contributed by atoms with Crippen LogP contribution >= 0.6 is 11.6 Å². The Morgan fingerprint density at radius 3 is 2.61 bits per heavy atom. The number of hydrogen-bond acceptors (Lipinski definition) is 4. The zero-order valence-electron chi connectivity index (χ0n) is 17.1. The van der Waals surface area contributed by atoms with Gasteiger partial charge >= 0.3 is 6.18 Å². The van der Waals surface area contributed by atoms with Crippen LogP contribution in [0.5, 0.6) is 0 Å². The molecule has 4 rings (SSSR count). The molecule has 6 nitrogen and oxygen atoms in total. The molecule has 2 aromatic heterocycles.